The lowest BCUT2D eigenvalue weighted by atomic mass is 10.2. The highest BCUT2D eigenvalue weighted by Crippen LogP contribution is 2.21. The Morgan fingerprint density at radius 2 is 1.50 bits per heavy atom. The molecule has 0 unspecified atom stereocenters. The fraction of sp³-hybridized carbons (Fsp3) is 1.00. The standard InChI is InChI=1S/C11H25O2Si/c1-9(2)7-8-14(10(3)4)11(12-5)13-6/h9-11H,7-8H2,1-6H3. The molecule has 0 saturated carbocycles. The third-order valence-electron chi connectivity index (χ3n) is 2.48. The van der Waals surface area contributed by atoms with Crippen molar-refractivity contribution in [1.29, 1.82) is 0 Å². The first kappa shape index (κ1) is 14.1. The Morgan fingerprint density at radius 3 is 1.79 bits per heavy atom. The highest BCUT2D eigenvalue weighted by Gasteiger charge is 2.26. The lowest BCUT2D eigenvalue weighted by molar-refractivity contribution is -0.0482. The van der Waals surface area contributed by atoms with Gasteiger partial charge in [0.25, 0.3) is 0 Å². The molecule has 2 nitrogen and oxygen atoms in total. The Labute approximate surface area is 90.6 Å². The molecule has 0 heterocycles. The molecule has 0 rings (SSSR count). The summed E-state index contributed by atoms with van der Waals surface area (Å²) >= 11 is 0. The molecule has 1 radical (unpaired) electrons. The van der Waals surface area contributed by atoms with Crippen LogP contribution in [0.4, 0.5) is 0 Å². The van der Waals surface area contributed by atoms with E-state index in [1.807, 2.05) is 0 Å². The van der Waals surface area contributed by atoms with Crippen molar-refractivity contribution >= 4 is 8.80 Å². The summed E-state index contributed by atoms with van der Waals surface area (Å²) in [5.74, 6) is 0.835. The van der Waals surface area contributed by atoms with Gasteiger partial charge in [-0.3, -0.25) is 0 Å². The van der Waals surface area contributed by atoms with Crippen molar-refractivity contribution in [2.45, 2.75) is 51.6 Å². The summed E-state index contributed by atoms with van der Waals surface area (Å²) in [6.45, 7) is 9.10. The van der Waals surface area contributed by atoms with E-state index in [4.69, 9.17) is 9.47 Å². The van der Waals surface area contributed by atoms with Crippen LogP contribution in [0.25, 0.3) is 0 Å². The number of methoxy groups -OCH3 is 2. The molecule has 3 heteroatoms. The zero-order chi connectivity index (χ0) is 11.1. The molecular formula is C11H25O2Si. The van der Waals surface area contributed by atoms with Gasteiger partial charge in [0.15, 0.2) is 0 Å². The molecule has 0 fully saturated rings. The molecule has 0 bridgehead atoms. The summed E-state index contributed by atoms with van der Waals surface area (Å²) in [6, 6.07) is 1.28. The first-order valence-corrected chi connectivity index (χ1v) is 7.30. The van der Waals surface area contributed by atoms with Gasteiger partial charge in [0.05, 0.1) is 0 Å². The third kappa shape index (κ3) is 5.13. The molecule has 85 valence electrons. The van der Waals surface area contributed by atoms with E-state index in [0.29, 0.717) is 5.54 Å². The van der Waals surface area contributed by atoms with Crippen LogP contribution in [0.2, 0.25) is 11.6 Å². The van der Waals surface area contributed by atoms with E-state index in [-0.39, 0.29) is 5.91 Å². The summed E-state index contributed by atoms with van der Waals surface area (Å²) in [5, 5.41) is 0. The maximum absolute atomic E-state index is 5.38. The zero-order valence-electron chi connectivity index (χ0n) is 10.5. The van der Waals surface area contributed by atoms with E-state index in [2.05, 4.69) is 27.7 Å². The van der Waals surface area contributed by atoms with E-state index in [0.717, 1.165) is 5.92 Å². The second kappa shape index (κ2) is 7.43. The largest absolute Gasteiger partial charge is 0.360 e. The summed E-state index contributed by atoms with van der Waals surface area (Å²) < 4.78 is 10.8. The topological polar surface area (TPSA) is 18.5 Å². The van der Waals surface area contributed by atoms with Gasteiger partial charge in [-0.25, -0.2) is 0 Å². The van der Waals surface area contributed by atoms with Gasteiger partial charge >= 0.3 is 0 Å². The second-order valence-corrected chi connectivity index (χ2v) is 7.74. The van der Waals surface area contributed by atoms with E-state index >= 15 is 0 Å². The van der Waals surface area contributed by atoms with E-state index in [1.165, 1.54) is 12.5 Å². The molecule has 0 aromatic heterocycles. The van der Waals surface area contributed by atoms with Crippen LogP contribution in [0.5, 0.6) is 0 Å². The van der Waals surface area contributed by atoms with Crippen LogP contribution >= 0.6 is 0 Å². The van der Waals surface area contributed by atoms with Crippen molar-refractivity contribution in [2.24, 2.45) is 5.92 Å². The van der Waals surface area contributed by atoms with Crippen molar-refractivity contribution in [3.8, 4) is 0 Å². The fourth-order valence-electron chi connectivity index (χ4n) is 1.53. The van der Waals surface area contributed by atoms with Gasteiger partial charge in [0, 0.05) is 14.2 Å². The van der Waals surface area contributed by atoms with Crippen molar-refractivity contribution < 1.29 is 9.47 Å². The van der Waals surface area contributed by atoms with E-state index in [1.54, 1.807) is 14.2 Å². The smallest absolute Gasteiger partial charge is 0.139 e. The highest BCUT2D eigenvalue weighted by atomic mass is 28.3. The predicted octanol–water partition coefficient (Wildman–Crippen LogP) is 3.10. The highest BCUT2D eigenvalue weighted by molar-refractivity contribution is 6.61. The van der Waals surface area contributed by atoms with Crippen LogP contribution in [0.3, 0.4) is 0 Å². The second-order valence-electron chi connectivity index (χ2n) is 4.47. The van der Waals surface area contributed by atoms with Crippen molar-refractivity contribution in [1.82, 2.24) is 0 Å². The summed E-state index contributed by atoms with van der Waals surface area (Å²) in [6.07, 6.45) is 1.29. The minimum Gasteiger partial charge on any atom is -0.360 e. The van der Waals surface area contributed by atoms with Crippen LogP contribution < -0.4 is 0 Å². The van der Waals surface area contributed by atoms with Crippen molar-refractivity contribution in [3.05, 3.63) is 0 Å². The molecule has 0 aromatic rings. The summed E-state index contributed by atoms with van der Waals surface area (Å²) in [5.41, 5.74) is 0.712. The van der Waals surface area contributed by atoms with Gasteiger partial charge in [0.2, 0.25) is 0 Å². The molecule has 0 saturated heterocycles. The molecule has 0 amide bonds. The molecule has 0 aliphatic heterocycles. The lowest BCUT2D eigenvalue weighted by Gasteiger charge is -2.26. The van der Waals surface area contributed by atoms with Crippen molar-refractivity contribution in [2.75, 3.05) is 14.2 Å². The minimum absolute atomic E-state index is 0.0544. The van der Waals surface area contributed by atoms with Gasteiger partial charge in [-0.2, -0.15) is 0 Å². The van der Waals surface area contributed by atoms with Crippen molar-refractivity contribution in [3.63, 3.8) is 0 Å². The van der Waals surface area contributed by atoms with Gasteiger partial charge in [-0.1, -0.05) is 40.2 Å². The average molecular weight is 217 g/mol. The number of hydrogen-bond acceptors (Lipinski definition) is 2. The maximum Gasteiger partial charge on any atom is 0.139 e. The fourth-order valence-corrected chi connectivity index (χ4v) is 4.41. The third-order valence-corrected chi connectivity index (χ3v) is 5.91. The Morgan fingerprint density at radius 1 is 1.00 bits per heavy atom. The van der Waals surface area contributed by atoms with E-state index in [9.17, 15) is 0 Å². The number of ether oxygens (including phenoxy) is 2. The zero-order valence-corrected chi connectivity index (χ0v) is 11.5. The Balaban J connectivity index is 4.13. The number of rotatable bonds is 7. The molecule has 0 aliphatic carbocycles. The van der Waals surface area contributed by atoms with Crippen LogP contribution in [0.15, 0.2) is 0 Å². The molecule has 0 aromatic carbocycles. The van der Waals surface area contributed by atoms with Gasteiger partial charge < -0.3 is 9.47 Å². The van der Waals surface area contributed by atoms with Crippen LogP contribution in [-0.4, -0.2) is 28.9 Å². The number of hydrogen-bond donors (Lipinski definition) is 0. The predicted molar refractivity (Wildman–Crippen MR) is 62.9 cm³/mol. The average Bonchev–Trinajstić information content (AvgIpc) is 2.11. The molecule has 0 aliphatic rings. The Bertz CT molecular complexity index is 133. The first-order chi connectivity index (χ1) is 6.52. The van der Waals surface area contributed by atoms with Crippen LogP contribution in [0, 0.1) is 5.92 Å². The molecular weight excluding hydrogens is 192 g/mol. The van der Waals surface area contributed by atoms with Crippen LogP contribution in [-0.2, 0) is 9.47 Å². The molecule has 0 N–H and O–H groups in total. The van der Waals surface area contributed by atoms with Gasteiger partial charge in [-0.05, 0) is 11.5 Å². The quantitative estimate of drug-likeness (QED) is 0.482. The lowest BCUT2D eigenvalue weighted by Crippen LogP contribution is -2.36. The molecule has 0 atom stereocenters. The summed E-state index contributed by atoms with van der Waals surface area (Å²) in [7, 11) is 2.95. The normalized spacial score (nSPS) is 12.4. The van der Waals surface area contributed by atoms with Gasteiger partial charge in [-0.15, -0.1) is 0 Å². The minimum atomic E-state index is -0.541. The Hall–Kier alpha value is 0.137. The Kier molecular flexibility index (Phi) is 7.50. The van der Waals surface area contributed by atoms with Crippen LogP contribution in [0.1, 0.15) is 34.1 Å². The maximum atomic E-state index is 5.38. The molecule has 14 heavy (non-hydrogen) atoms. The monoisotopic (exact) mass is 217 g/mol. The van der Waals surface area contributed by atoms with Gasteiger partial charge in [0.1, 0.15) is 14.7 Å². The van der Waals surface area contributed by atoms with E-state index < -0.39 is 8.80 Å². The SMILES string of the molecule is COC(OC)[Si](CCC(C)C)C(C)C. The summed E-state index contributed by atoms with van der Waals surface area (Å²) in [4.78, 5) is 0. The first-order valence-electron chi connectivity index (χ1n) is 5.44. The molecule has 0 spiro atoms.